The van der Waals surface area contributed by atoms with Gasteiger partial charge in [-0.2, -0.15) is 0 Å². The first-order chi connectivity index (χ1) is 13.9. The number of fused-ring (bicyclic) bond motifs is 3. The van der Waals surface area contributed by atoms with Crippen molar-refractivity contribution in [2.24, 2.45) is 0 Å². The molecule has 1 unspecified atom stereocenters. The molecule has 5 rings (SSSR count). The molecule has 0 radical (unpaired) electrons. The zero-order valence-electron chi connectivity index (χ0n) is 17.7. The first-order valence-corrected chi connectivity index (χ1v) is 12.3. The van der Waals surface area contributed by atoms with Crippen LogP contribution in [0.4, 0.5) is 4.79 Å². The van der Waals surface area contributed by atoms with Gasteiger partial charge in [0.05, 0.1) is 0 Å². The summed E-state index contributed by atoms with van der Waals surface area (Å²) in [4.78, 5) is 18.4. The van der Waals surface area contributed by atoms with Crippen molar-refractivity contribution >= 4 is 16.9 Å². The molecule has 0 N–H and O–H groups in total. The van der Waals surface area contributed by atoms with Crippen molar-refractivity contribution < 1.29 is 4.79 Å². The summed E-state index contributed by atoms with van der Waals surface area (Å²) in [5, 5.41) is 0. The number of carbonyl (C=O) groups excluding carboxylic acids is 1. The lowest BCUT2D eigenvalue weighted by atomic mass is 9.70. The molecular formula is C25H31N2OS+. The van der Waals surface area contributed by atoms with Crippen LogP contribution in [0.5, 0.6) is 0 Å². The van der Waals surface area contributed by atoms with Crippen molar-refractivity contribution in [3.63, 3.8) is 0 Å². The van der Waals surface area contributed by atoms with Crippen molar-refractivity contribution in [3.8, 4) is 0 Å². The third-order valence-electron chi connectivity index (χ3n) is 8.18. The van der Waals surface area contributed by atoms with E-state index < -0.39 is 0 Å². The number of benzene rings is 2. The highest BCUT2D eigenvalue weighted by Crippen LogP contribution is 2.62. The van der Waals surface area contributed by atoms with E-state index in [1.165, 1.54) is 29.7 Å². The Bertz CT molecular complexity index is 919. The highest BCUT2D eigenvalue weighted by Gasteiger charge is 2.81. The number of nitrogens with zero attached hydrogens (tertiary/aromatic N) is 2. The third-order valence-corrected chi connectivity index (χ3v) is 11.7. The van der Waals surface area contributed by atoms with Crippen molar-refractivity contribution in [1.29, 1.82) is 0 Å². The van der Waals surface area contributed by atoms with Gasteiger partial charge in [-0.25, -0.2) is 4.79 Å². The van der Waals surface area contributed by atoms with E-state index in [1.807, 2.05) is 12.1 Å². The number of amides is 2. The minimum atomic E-state index is -0.151. The quantitative estimate of drug-likeness (QED) is 0.526. The second-order valence-electron chi connectivity index (χ2n) is 9.45. The SMILES string of the molecule is C[C@]12N(Cc3ccccc3)C(=O)N(Cc3ccccc3)[C@@]1(C)C[S+]1CCC[C@]12C. The standard InChI is InChI=1S/C25H31N2OS/c1-23-19-29-16-10-15-24(29,2)25(23,3)27(18-21-13-8-5-9-14-21)22(28)26(23)17-20-11-6-4-7-12-20/h4-9,11-14H,10,15-19H2,1-3H3/q+1/t23-,24-,25-,29?/m0/s1. The summed E-state index contributed by atoms with van der Waals surface area (Å²) in [7, 11) is 0.371. The highest BCUT2D eigenvalue weighted by molar-refractivity contribution is 7.98. The molecule has 0 spiro atoms. The van der Waals surface area contributed by atoms with E-state index in [0.717, 1.165) is 5.75 Å². The molecular weight excluding hydrogens is 376 g/mol. The Morgan fingerprint density at radius 1 is 0.862 bits per heavy atom. The molecule has 3 aliphatic rings. The molecule has 3 fully saturated rings. The fraction of sp³-hybridized carbons (Fsp3) is 0.480. The monoisotopic (exact) mass is 407 g/mol. The summed E-state index contributed by atoms with van der Waals surface area (Å²) < 4.78 is 0.206. The number of urea groups is 1. The molecule has 2 amide bonds. The van der Waals surface area contributed by atoms with Crippen LogP contribution < -0.4 is 0 Å². The van der Waals surface area contributed by atoms with Crippen molar-refractivity contribution in [3.05, 3.63) is 71.8 Å². The molecule has 0 bridgehead atoms. The number of rotatable bonds is 4. The highest BCUT2D eigenvalue weighted by atomic mass is 32.2. The Morgan fingerprint density at radius 3 is 2.00 bits per heavy atom. The minimum Gasteiger partial charge on any atom is -0.308 e. The van der Waals surface area contributed by atoms with Crippen LogP contribution in [0.1, 0.15) is 44.7 Å². The molecule has 0 aromatic heterocycles. The molecule has 2 aromatic carbocycles. The van der Waals surface area contributed by atoms with Crippen LogP contribution in [-0.2, 0) is 24.0 Å². The van der Waals surface area contributed by atoms with Crippen LogP contribution >= 0.6 is 0 Å². The Balaban J connectivity index is 1.59. The van der Waals surface area contributed by atoms with Crippen LogP contribution in [0.25, 0.3) is 0 Å². The van der Waals surface area contributed by atoms with Crippen molar-refractivity contribution in [2.45, 2.75) is 62.5 Å². The van der Waals surface area contributed by atoms with Gasteiger partial charge in [-0.3, -0.25) is 0 Å². The van der Waals surface area contributed by atoms with E-state index in [1.54, 1.807) is 0 Å². The molecule has 29 heavy (non-hydrogen) atoms. The molecule has 0 saturated carbocycles. The molecule has 3 saturated heterocycles. The van der Waals surface area contributed by atoms with Gasteiger partial charge in [0.25, 0.3) is 0 Å². The smallest absolute Gasteiger partial charge is 0.308 e. The second kappa shape index (κ2) is 6.53. The predicted octanol–water partition coefficient (Wildman–Crippen LogP) is 4.83. The summed E-state index contributed by atoms with van der Waals surface area (Å²) >= 11 is 0. The third kappa shape index (κ3) is 2.48. The van der Waals surface area contributed by atoms with E-state index in [9.17, 15) is 4.79 Å². The first kappa shape index (κ1) is 19.0. The average Bonchev–Trinajstić information content (AvgIpc) is 3.23. The van der Waals surface area contributed by atoms with Gasteiger partial charge in [-0.05, 0) is 49.2 Å². The van der Waals surface area contributed by atoms with Crippen LogP contribution in [0.15, 0.2) is 60.7 Å². The van der Waals surface area contributed by atoms with Gasteiger partial charge in [0.15, 0.2) is 4.75 Å². The average molecular weight is 408 g/mol. The summed E-state index contributed by atoms with van der Waals surface area (Å²) in [6.07, 6.45) is 2.54. The maximum atomic E-state index is 13.9. The van der Waals surface area contributed by atoms with Crippen molar-refractivity contribution in [2.75, 3.05) is 11.5 Å². The van der Waals surface area contributed by atoms with E-state index in [-0.39, 0.29) is 21.9 Å². The van der Waals surface area contributed by atoms with E-state index >= 15 is 0 Å². The lowest BCUT2D eigenvalue weighted by Gasteiger charge is -2.44. The summed E-state index contributed by atoms with van der Waals surface area (Å²) in [5.74, 6) is 2.47. The molecule has 3 aliphatic heterocycles. The Morgan fingerprint density at radius 2 is 1.41 bits per heavy atom. The topological polar surface area (TPSA) is 23.6 Å². The molecule has 4 heteroatoms. The predicted molar refractivity (Wildman–Crippen MR) is 121 cm³/mol. The molecule has 152 valence electrons. The number of carbonyl (C=O) groups is 1. The first-order valence-electron chi connectivity index (χ1n) is 10.7. The molecule has 4 atom stereocenters. The van der Waals surface area contributed by atoms with Crippen LogP contribution in [0.2, 0.25) is 0 Å². The fourth-order valence-electron chi connectivity index (χ4n) is 6.22. The van der Waals surface area contributed by atoms with Gasteiger partial charge in [0.1, 0.15) is 22.6 Å². The fourth-order valence-corrected chi connectivity index (χ4v) is 10.1. The van der Waals surface area contributed by atoms with Crippen LogP contribution in [0.3, 0.4) is 0 Å². The largest absolute Gasteiger partial charge is 0.322 e. The Hall–Kier alpha value is -1.94. The lowest BCUT2D eigenvalue weighted by Crippen LogP contribution is -2.64. The number of hydrogen-bond acceptors (Lipinski definition) is 1. The van der Waals surface area contributed by atoms with Gasteiger partial charge < -0.3 is 9.80 Å². The molecule has 3 nitrogen and oxygen atoms in total. The zero-order valence-corrected chi connectivity index (χ0v) is 18.5. The van der Waals surface area contributed by atoms with Gasteiger partial charge in [-0.1, -0.05) is 60.7 Å². The van der Waals surface area contributed by atoms with Gasteiger partial charge in [0.2, 0.25) is 0 Å². The minimum absolute atomic E-state index is 0.132. The summed E-state index contributed by atoms with van der Waals surface area (Å²) in [5.41, 5.74) is 2.16. The van der Waals surface area contributed by atoms with Crippen LogP contribution in [0, 0.1) is 0 Å². The summed E-state index contributed by atoms with van der Waals surface area (Å²) in [6, 6.07) is 21.2. The normalized spacial score (nSPS) is 35.8. The van der Waals surface area contributed by atoms with Gasteiger partial charge in [-0.15, -0.1) is 0 Å². The van der Waals surface area contributed by atoms with Crippen LogP contribution in [-0.4, -0.2) is 43.2 Å². The molecule has 3 heterocycles. The van der Waals surface area contributed by atoms with E-state index in [0.29, 0.717) is 24.0 Å². The van der Waals surface area contributed by atoms with Gasteiger partial charge >= 0.3 is 6.03 Å². The second-order valence-corrected chi connectivity index (χ2v) is 12.0. The van der Waals surface area contributed by atoms with E-state index in [2.05, 4.69) is 79.1 Å². The molecule has 2 aromatic rings. The lowest BCUT2D eigenvalue weighted by molar-refractivity contribution is 0.0663. The zero-order chi connectivity index (χ0) is 20.3. The number of hydrogen-bond donors (Lipinski definition) is 0. The molecule has 0 aliphatic carbocycles. The summed E-state index contributed by atoms with van der Waals surface area (Å²) in [6.45, 7) is 8.65. The van der Waals surface area contributed by atoms with Crippen molar-refractivity contribution in [1.82, 2.24) is 9.80 Å². The Labute approximate surface area is 177 Å². The maximum absolute atomic E-state index is 13.9. The van der Waals surface area contributed by atoms with Gasteiger partial charge in [0, 0.05) is 19.5 Å². The van der Waals surface area contributed by atoms with E-state index in [4.69, 9.17) is 0 Å². The Kier molecular flexibility index (Phi) is 4.29. The maximum Gasteiger partial charge on any atom is 0.322 e.